The van der Waals surface area contributed by atoms with E-state index in [0.717, 1.165) is 10.0 Å². The number of anilines is 1. The number of hydrogen-bond donors (Lipinski definition) is 2. The molecule has 1 aromatic carbocycles. The van der Waals surface area contributed by atoms with Gasteiger partial charge in [0, 0.05) is 22.4 Å². The predicted octanol–water partition coefficient (Wildman–Crippen LogP) is 2.85. The third kappa shape index (κ3) is 2.16. The Morgan fingerprint density at radius 2 is 2.00 bits per heavy atom. The average molecular weight is 300 g/mol. The highest BCUT2D eigenvalue weighted by molar-refractivity contribution is 9.10. The highest BCUT2D eigenvalue weighted by atomic mass is 79.9. The smallest absolute Gasteiger partial charge is 0.166 e. The van der Waals surface area contributed by atoms with E-state index in [-0.39, 0.29) is 0 Å². The zero-order valence-electron chi connectivity index (χ0n) is 8.11. The normalized spacial score (nSPS) is 10.2. The summed E-state index contributed by atoms with van der Waals surface area (Å²) in [5, 5.41) is 0.589. The van der Waals surface area contributed by atoms with E-state index in [0.29, 0.717) is 16.5 Å². The van der Waals surface area contributed by atoms with Crippen LogP contribution in [0.5, 0.6) is 0 Å². The number of nitrogens with one attached hydrogen (secondary N) is 1. The van der Waals surface area contributed by atoms with E-state index in [9.17, 15) is 0 Å². The minimum Gasteiger partial charge on any atom is -0.307 e. The van der Waals surface area contributed by atoms with E-state index in [1.807, 2.05) is 12.1 Å². The van der Waals surface area contributed by atoms with Gasteiger partial charge in [0.1, 0.15) is 5.69 Å². The Labute approximate surface area is 106 Å². The van der Waals surface area contributed by atoms with Gasteiger partial charge in [-0.25, -0.2) is 10.8 Å². The summed E-state index contributed by atoms with van der Waals surface area (Å²) in [6.45, 7) is 0. The van der Waals surface area contributed by atoms with Crippen molar-refractivity contribution in [3.05, 3.63) is 40.1 Å². The third-order valence-corrected chi connectivity index (χ3v) is 2.83. The lowest BCUT2D eigenvalue weighted by atomic mass is 10.1. The first-order valence-corrected chi connectivity index (χ1v) is 5.62. The molecule has 1 aromatic heterocycles. The first-order chi connectivity index (χ1) is 7.72. The summed E-state index contributed by atoms with van der Waals surface area (Å²) in [5.41, 5.74) is 3.90. The van der Waals surface area contributed by atoms with Crippen molar-refractivity contribution in [1.82, 2.24) is 9.97 Å². The number of rotatable bonds is 2. The van der Waals surface area contributed by atoms with E-state index >= 15 is 0 Å². The molecule has 16 heavy (non-hydrogen) atoms. The van der Waals surface area contributed by atoms with Crippen molar-refractivity contribution >= 4 is 33.3 Å². The highest BCUT2D eigenvalue weighted by Crippen LogP contribution is 2.31. The standard InChI is InChI=1S/C10H8BrClN4/c11-6-1-2-7(8(12)5-6)9-10(16-13)15-4-3-14-9/h1-5H,13H2,(H,15,16). The number of nitrogens with zero attached hydrogens (tertiary/aromatic N) is 2. The van der Waals surface area contributed by atoms with Crippen LogP contribution < -0.4 is 11.3 Å². The summed E-state index contributed by atoms with van der Waals surface area (Å²) in [6, 6.07) is 5.54. The number of nitrogens with two attached hydrogens (primary N) is 1. The van der Waals surface area contributed by atoms with Crippen LogP contribution in [0.25, 0.3) is 11.3 Å². The Bertz CT molecular complexity index is 518. The fraction of sp³-hybridized carbons (Fsp3) is 0. The van der Waals surface area contributed by atoms with Gasteiger partial charge in [-0.2, -0.15) is 0 Å². The average Bonchev–Trinajstić information content (AvgIpc) is 2.29. The minimum atomic E-state index is 0.492. The van der Waals surface area contributed by atoms with Crippen molar-refractivity contribution in [2.75, 3.05) is 5.43 Å². The van der Waals surface area contributed by atoms with Gasteiger partial charge in [0.25, 0.3) is 0 Å². The van der Waals surface area contributed by atoms with Gasteiger partial charge < -0.3 is 5.43 Å². The second-order valence-electron chi connectivity index (χ2n) is 3.02. The van der Waals surface area contributed by atoms with Crippen molar-refractivity contribution in [3.63, 3.8) is 0 Å². The lowest BCUT2D eigenvalue weighted by Gasteiger charge is -2.08. The van der Waals surface area contributed by atoms with E-state index < -0.39 is 0 Å². The summed E-state index contributed by atoms with van der Waals surface area (Å²) < 4.78 is 0.910. The number of benzene rings is 1. The van der Waals surface area contributed by atoms with E-state index in [4.69, 9.17) is 17.4 Å². The van der Waals surface area contributed by atoms with Gasteiger partial charge in [-0.3, -0.25) is 4.98 Å². The molecule has 0 fully saturated rings. The number of hydrogen-bond acceptors (Lipinski definition) is 4. The van der Waals surface area contributed by atoms with Gasteiger partial charge in [0.05, 0.1) is 5.02 Å². The minimum absolute atomic E-state index is 0.492. The monoisotopic (exact) mass is 298 g/mol. The van der Waals surface area contributed by atoms with Gasteiger partial charge in [0.15, 0.2) is 5.82 Å². The number of halogens is 2. The molecule has 0 bridgehead atoms. The molecule has 0 aliphatic carbocycles. The number of nitrogen functional groups attached to an aromatic ring is 1. The summed E-state index contributed by atoms with van der Waals surface area (Å²) in [4.78, 5) is 8.27. The lowest BCUT2D eigenvalue weighted by molar-refractivity contribution is 1.16. The number of aromatic nitrogens is 2. The van der Waals surface area contributed by atoms with Crippen molar-refractivity contribution in [1.29, 1.82) is 0 Å². The molecular weight excluding hydrogens is 291 g/mol. The molecule has 82 valence electrons. The highest BCUT2D eigenvalue weighted by Gasteiger charge is 2.10. The van der Waals surface area contributed by atoms with Gasteiger partial charge in [0.2, 0.25) is 0 Å². The summed E-state index contributed by atoms with van der Waals surface area (Å²) in [5.74, 6) is 5.86. The SMILES string of the molecule is NNc1nccnc1-c1ccc(Br)cc1Cl. The molecule has 4 nitrogen and oxygen atoms in total. The van der Waals surface area contributed by atoms with E-state index in [1.54, 1.807) is 18.5 Å². The van der Waals surface area contributed by atoms with Gasteiger partial charge in [-0.05, 0) is 12.1 Å². The molecule has 0 spiro atoms. The fourth-order valence-corrected chi connectivity index (χ4v) is 2.09. The van der Waals surface area contributed by atoms with Crippen LogP contribution in [0.2, 0.25) is 5.02 Å². The topological polar surface area (TPSA) is 63.8 Å². The Kier molecular flexibility index (Phi) is 3.38. The summed E-state index contributed by atoms with van der Waals surface area (Å²) in [6.07, 6.45) is 3.15. The van der Waals surface area contributed by atoms with Crippen LogP contribution in [0.15, 0.2) is 35.1 Å². The van der Waals surface area contributed by atoms with E-state index in [1.165, 1.54) is 0 Å². The van der Waals surface area contributed by atoms with Gasteiger partial charge in [-0.1, -0.05) is 33.6 Å². The van der Waals surface area contributed by atoms with Crippen LogP contribution >= 0.6 is 27.5 Å². The van der Waals surface area contributed by atoms with Crippen LogP contribution in [-0.4, -0.2) is 9.97 Å². The van der Waals surface area contributed by atoms with Crippen molar-refractivity contribution in [2.24, 2.45) is 5.84 Å². The van der Waals surface area contributed by atoms with Gasteiger partial charge in [-0.15, -0.1) is 0 Å². The van der Waals surface area contributed by atoms with Crippen molar-refractivity contribution < 1.29 is 0 Å². The van der Waals surface area contributed by atoms with Crippen molar-refractivity contribution in [3.8, 4) is 11.3 Å². The van der Waals surface area contributed by atoms with Crippen LogP contribution in [0, 0.1) is 0 Å². The Morgan fingerprint density at radius 1 is 1.25 bits per heavy atom. The molecule has 0 aliphatic rings. The zero-order valence-corrected chi connectivity index (χ0v) is 10.5. The molecule has 0 aliphatic heterocycles. The Balaban J connectivity index is 2.58. The van der Waals surface area contributed by atoms with Crippen LogP contribution in [-0.2, 0) is 0 Å². The molecule has 0 saturated carbocycles. The molecule has 6 heteroatoms. The molecule has 2 rings (SSSR count). The zero-order chi connectivity index (χ0) is 11.5. The molecule has 0 unspecified atom stereocenters. The molecule has 2 aromatic rings. The van der Waals surface area contributed by atoms with Gasteiger partial charge >= 0.3 is 0 Å². The third-order valence-electron chi connectivity index (χ3n) is 2.02. The quantitative estimate of drug-likeness (QED) is 0.661. The second-order valence-corrected chi connectivity index (χ2v) is 4.34. The second kappa shape index (κ2) is 4.78. The van der Waals surface area contributed by atoms with Crippen LogP contribution in [0.3, 0.4) is 0 Å². The summed E-state index contributed by atoms with van der Waals surface area (Å²) >= 11 is 9.47. The fourth-order valence-electron chi connectivity index (χ4n) is 1.32. The Morgan fingerprint density at radius 3 is 2.69 bits per heavy atom. The predicted molar refractivity (Wildman–Crippen MR) is 68.0 cm³/mol. The maximum absolute atomic E-state index is 6.13. The number of hydrazine groups is 1. The summed E-state index contributed by atoms with van der Waals surface area (Å²) in [7, 11) is 0. The molecule has 1 heterocycles. The molecule has 0 amide bonds. The Hall–Kier alpha value is -1.17. The molecule has 0 radical (unpaired) electrons. The molecular formula is C10H8BrClN4. The first-order valence-electron chi connectivity index (χ1n) is 4.45. The van der Waals surface area contributed by atoms with Crippen LogP contribution in [0.1, 0.15) is 0 Å². The largest absolute Gasteiger partial charge is 0.307 e. The maximum atomic E-state index is 6.13. The maximum Gasteiger partial charge on any atom is 0.166 e. The molecule has 3 N–H and O–H groups in total. The molecule has 0 saturated heterocycles. The molecule has 0 atom stereocenters. The van der Waals surface area contributed by atoms with Crippen molar-refractivity contribution in [2.45, 2.75) is 0 Å². The first kappa shape index (κ1) is 11.3. The van der Waals surface area contributed by atoms with E-state index in [2.05, 4.69) is 31.3 Å². The lowest BCUT2D eigenvalue weighted by Crippen LogP contribution is -2.10. The van der Waals surface area contributed by atoms with Crippen LogP contribution in [0.4, 0.5) is 5.82 Å².